The number of nitrogens with zero attached hydrogens (tertiary/aromatic N) is 1. The molecule has 112 valence electrons. The Morgan fingerprint density at radius 3 is 2.35 bits per heavy atom. The Labute approximate surface area is 117 Å². The standard InChI is InChI=1S/C12H14F3NO3S/c13-12(14,15)8-2-1-7(9(17)18)16(8)10(19)11-3-6(4-11)20-5-11/h6-8H,1-5H2,(H,17,18)/t6?,7-,8+,11?/m0/s1. The number of fused-ring (bicyclic) bond motifs is 1. The van der Waals surface area contributed by atoms with Gasteiger partial charge in [-0.05, 0) is 25.7 Å². The third-order valence-corrected chi connectivity index (χ3v) is 6.09. The molecule has 0 aromatic heterocycles. The lowest BCUT2D eigenvalue weighted by molar-refractivity contribution is -0.193. The van der Waals surface area contributed by atoms with E-state index >= 15 is 0 Å². The molecular formula is C12H14F3NO3S. The van der Waals surface area contributed by atoms with Crippen LogP contribution in [-0.2, 0) is 9.59 Å². The van der Waals surface area contributed by atoms with Crippen LogP contribution < -0.4 is 0 Å². The molecule has 0 aromatic rings. The zero-order chi connectivity index (χ0) is 14.7. The number of carboxylic acid groups (broad SMARTS) is 1. The Balaban J connectivity index is 1.89. The van der Waals surface area contributed by atoms with Crippen molar-refractivity contribution >= 4 is 23.6 Å². The van der Waals surface area contributed by atoms with Crippen LogP contribution in [0.3, 0.4) is 0 Å². The second kappa shape index (κ2) is 4.29. The summed E-state index contributed by atoms with van der Waals surface area (Å²) in [7, 11) is 0. The fourth-order valence-corrected chi connectivity index (χ4v) is 5.28. The van der Waals surface area contributed by atoms with Crippen LogP contribution >= 0.6 is 11.8 Å². The third kappa shape index (κ3) is 1.91. The number of aliphatic carboxylic acids is 1. The molecule has 3 heterocycles. The lowest BCUT2D eigenvalue weighted by atomic mass is 9.69. The van der Waals surface area contributed by atoms with Crippen LogP contribution in [0.4, 0.5) is 13.2 Å². The van der Waals surface area contributed by atoms with Crippen LogP contribution in [-0.4, -0.2) is 51.1 Å². The molecule has 0 aromatic carbocycles. The molecule has 0 unspecified atom stereocenters. The van der Waals surface area contributed by atoms with Crippen molar-refractivity contribution in [2.75, 3.05) is 5.75 Å². The van der Waals surface area contributed by atoms with E-state index in [-0.39, 0.29) is 12.8 Å². The quantitative estimate of drug-likeness (QED) is 0.846. The monoisotopic (exact) mass is 309 g/mol. The highest BCUT2D eigenvalue weighted by atomic mass is 32.2. The van der Waals surface area contributed by atoms with Gasteiger partial charge in [-0.3, -0.25) is 4.79 Å². The van der Waals surface area contributed by atoms with E-state index in [9.17, 15) is 22.8 Å². The van der Waals surface area contributed by atoms with Crippen LogP contribution in [0.2, 0.25) is 0 Å². The zero-order valence-corrected chi connectivity index (χ0v) is 11.3. The van der Waals surface area contributed by atoms with Crippen molar-refractivity contribution in [1.82, 2.24) is 4.90 Å². The lowest BCUT2D eigenvalue weighted by Crippen LogP contribution is -2.57. The number of hydrogen-bond donors (Lipinski definition) is 1. The Morgan fingerprint density at radius 1 is 1.25 bits per heavy atom. The highest BCUT2D eigenvalue weighted by Gasteiger charge is 2.62. The van der Waals surface area contributed by atoms with Gasteiger partial charge in [0.1, 0.15) is 12.1 Å². The summed E-state index contributed by atoms with van der Waals surface area (Å²) in [6.45, 7) is 0. The molecule has 0 radical (unpaired) electrons. The molecule has 1 saturated carbocycles. The van der Waals surface area contributed by atoms with Crippen molar-refractivity contribution in [3.63, 3.8) is 0 Å². The zero-order valence-electron chi connectivity index (χ0n) is 10.5. The second-order valence-corrected chi connectivity index (χ2v) is 7.11. The van der Waals surface area contributed by atoms with Crippen molar-refractivity contribution in [2.45, 2.75) is 49.2 Å². The topological polar surface area (TPSA) is 57.6 Å². The summed E-state index contributed by atoms with van der Waals surface area (Å²) < 4.78 is 39.1. The number of carboxylic acids is 1. The minimum atomic E-state index is -4.56. The van der Waals surface area contributed by atoms with E-state index in [2.05, 4.69) is 0 Å². The van der Waals surface area contributed by atoms with E-state index in [0.717, 1.165) is 0 Å². The van der Waals surface area contributed by atoms with Crippen LogP contribution in [0.1, 0.15) is 25.7 Å². The normalized spacial score (nSPS) is 39.8. The fraction of sp³-hybridized carbons (Fsp3) is 0.833. The van der Waals surface area contributed by atoms with Crippen molar-refractivity contribution in [3.05, 3.63) is 0 Å². The van der Waals surface area contributed by atoms with Crippen molar-refractivity contribution in [3.8, 4) is 0 Å². The molecule has 2 bridgehead atoms. The smallest absolute Gasteiger partial charge is 0.408 e. The Hall–Kier alpha value is -0.920. The third-order valence-electron chi connectivity index (χ3n) is 4.57. The van der Waals surface area contributed by atoms with Crippen molar-refractivity contribution in [1.29, 1.82) is 0 Å². The van der Waals surface area contributed by atoms with Crippen LogP contribution in [0.5, 0.6) is 0 Å². The summed E-state index contributed by atoms with van der Waals surface area (Å²) >= 11 is 1.60. The average molecular weight is 309 g/mol. The predicted molar refractivity (Wildman–Crippen MR) is 65.3 cm³/mol. The van der Waals surface area contributed by atoms with E-state index in [1.807, 2.05) is 0 Å². The Kier molecular flexibility index (Phi) is 3.01. The summed E-state index contributed by atoms with van der Waals surface area (Å²) in [5, 5.41) is 9.44. The minimum absolute atomic E-state index is 0.127. The summed E-state index contributed by atoms with van der Waals surface area (Å²) in [4.78, 5) is 24.3. The summed E-state index contributed by atoms with van der Waals surface area (Å²) in [5.74, 6) is -1.43. The molecular weight excluding hydrogens is 295 g/mol. The first-order chi connectivity index (χ1) is 9.24. The maximum absolute atomic E-state index is 13.0. The van der Waals surface area contributed by atoms with E-state index in [0.29, 0.717) is 28.7 Å². The van der Waals surface area contributed by atoms with Gasteiger partial charge >= 0.3 is 12.1 Å². The number of alkyl halides is 3. The van der Waals surface area contributed by atoms with Gasteiger partial charge in [0, 0.05) is 11.0 Å². The predicted octanol–water partition coefficient (Wildman–Crippen LogP) is 1.89. The average Bonchev–Trinajstić information content (AvgIpc) is 2.99. The molecule has 3 saturated heterocycles. The lowest BCUT2D eigenvalue weighted by Gasteiger charge is -2.41. The van der Waals surface area contributed by atoms with Crippen LogP contribution in [0.15, 0.2) is 0 Å². The minimum Gasteiger partial charge on any atom is -0.480 e. The van der Waals surface area contributed by atoms with Gasteiger partial charge in [0.05, 0.1) is 5.41 Å². The highest BCUT2D eigenvalue weighted by molar-refractivity contribution is 8.00. The van der Waals surface area contributed by atoms with Gasteiger partial charge in [0.15, 0.2) is 0 Å². The summed E-state index contributed by atoms with van der Waals surface area (Å²) in [6.07, 6.45) is -3.84. The largest absolute Gasteiger partial charge is 0.480 e. The first-order valence-corrected chi connectivity index (χ1v) is 7.53. The SMILES string of the molecule is O=C(O)[C@@H]1CC[C@H](C(F)(F)F)N1C(=O)C12CSC(C1)C2. The van der Waals surface area contributed by atoms with Gasteiger partial charge in [-0.15, -0.1) is 0 Å². The van der Waals surface area contributed by atoms with Gasteiger partial charge in [-0.1, -0.05) is 0 Å². The van der Waals surface area contributed by atoms with E-state index in [1.165, 1.54) is 0 Å². The summed E-state index contributed by atoms with van der Waals surface area (Å²) in [6, 6.07) is -3.29. The van der Waals surface area contributed by atoms with E-state index in [4.69, 9.17) is 5.11 Å². The fourth-order valence-electron chi connectivity index (χ4n) is 3.49. The van der Waals surface area contributed by atoms with Gasteiger partial charge in [0.2, 0.25) is 5.91 Å². The first kappa shape index (κ1) is 14.0. The molecule has 4 rings (SSSR count). The van der Waals surface area contributed by atoms with Gasteiger partial charge in [-0.25, -0.2) is 4.79 Å². The number of carbonyl (C=O) groups is 2. The molecule has 4 fully saturated rings. The van der Waals surface area contributed by atoms with E-state index in [1.54, 1.807) is 11.8 Å². The molecule has 3 aliphatic heterocycles. The molecule has 20 heavy (non-hydrogen) atoms. The molecule has 4 aliphatic rings. The maximum Gasteiger partial charge on any atom is 0.408 e. The van der Waals surface area contributed by atoms with Gasteiger partial charge in [-0.2, -0.15) is 24.9 Å². The number of halogens is 3. The number of thioether (sulfide) groups is 1. The van der Waals surface area contributed by atoms with Crippen LogP contribution in [0.25, 0.3) is 0 Å². The number of hydrogen-bond acceptors (Lipinski definition) is 3. The molecule has 1 amide bonds. The maximum atomic E-state index is 13.0. The molecule has 4 nitrogen and oxygen atoms in total. The molecule has 1 aliphatic carbocycles. The molecule has 0 spiro atoms. The van der Waals surface area contributed by atoms with Crippen LogP contribution in [0, 0.1) is 5.41 Å². The van der Waals surface area contributed by atoms with Gasteiger partial charge in [0.25, 0.3) is 0 Å². The second-order valence-electron chi connectivity index (χ2n) is 5.82. The van der Waals surface area contributed by atoms with Crippen molar-refractivity contribution < 1.29 is 27.9 Å². The Morgan fingerprint density at radius 2 is 1.90 bits per heavy atom. The van der Waals surface area contributed by atoms with Crippen molar-refractivity contribution in [2.24, 2.45) is 5.41 Å². The molecule has 1 N–H and O–H groups in total. The Bertz CT molecular complexity index is 456. The molecule has 8 heteroatoms. The first-order valence-electron chi connectivity index (χ1n) is 6.48. The summed E-state index contributed by atoms with van der Waals surface area (Å²) in [5.41, 5.74) is -0.739. The van der Waals surface area contributed by atoms with E-state index < -0.39 is 35.6 Å². The number of amides is 1. The van der Waals surface area contributed by atoms with Gasteiger partial charge < -0.3 is 10.0 Å². The number of carbonyl (C=O) groups excluding carboxylic acids is 1. The number of likely N-dealkylation sites (tertiary alicyclic amines) is 1. The number of rotatable bonds is 2. The highest BCUT2D eigenvalue weighted by Crippen LogP contribution is 2.59. The molecule has 2 atom stereocenters.